The number of pyridine rings is 1. The number of amides is 2. The summed E-state index contributed by atoms with van der Waals surface area (Å²) in [4.78, 5) is 38.5. The van der Waals surface area contributed by atoms with Gasteiger partial charge in [0, 0.05) is 5.69 Å². The van der Waals surface area contributed by atoms with Gasteiger partial charge in [0.15, 0.2) is 6.61 Å². The van der Waals surface area contributed by atoms with Crippen molar-refractivity contribution in [1.29, 1.82) is 0 Å². The number of nitrogens with one attached hydrogen (secondary N) is 2. The van der Waals surface area contributed by atoms with Crippen LogP contribution in [0.25, 0.3) is 0 Å². The zero-order valence-corrected chi connectivity index (χ0v) is 15.5. The summed E-state index contributed by atoms with van der Waals surface area (Å²) in [5, 5.41) is 2.95. The summed E-state index contributed by atoms with van der Waals surface area (Å²) in [5.41, 5.74) is 8.84. The highest BCUT2D eigenvalue weighted by molar-refractivity contribution is 5.92. The number of aryl methyl sites for hydroxylation is 3. The molecule has 0 saturated carbocycles. The summed E-state index contributed by atoms with van der Waals surface area (Å²) in [6.07, 6.45) is 5.57. The Morgan fingerprint density at radius 3 is 2.79 bits per heavy atom. The third-order valence-corrected chi connectivity index (χ3v) is 5.49. The van der Waals surface area contributed by atoms with Gasteiger partial charge < -0.3 is 20.8 Å². The van der Waals surface area contributed by atoms with Crippen LogP contribution in [0, 0.1) is 0 Å². The number of aromatic amines is 1. The molecule has 2 amide bonds. The van der Waals surface area contributed by atoms with Gasteiger partial charge in [0.2, 0.25) is 0 Å². The Bertz CT molecular complexity index is 996. The van der Waals surface area contributed by atoms with Crippen LogP contribution < -0.4 is 21.3 Å². The van der Waals surface area contributed by atoms with E-state index in [1.165, 1.54) is 17.2 Å². The average molecular weight is 381 g/mol. The number of ether oxygens (including phenoxy) is 1. The molecule has 4 rings (SSSR count). The number of benzene rings is 1. The van der Waals surface area contributed by atoms with E-state index in [-0.39, 0.29) is 24.1 Å². The maximum Gasteiger partial charge on any atom is 0.261 e. The molecule has 1 aromatic heterocycles. The number of H-pyrrole nitrogens is 1. The van der Waals surface area contributed by atoms with Crippen LogP contribution >= 0.6 is 0 Å². The second-order valence-electron chi connectivity index (χ2n) is 7.40. The van der Waals surface area contributed by atoms with Crippen molar-refractivity contribution in [2.75, 3.05) is 6.61 Å². The molecule has 0 spiro atoms. The molecule has 0 radical (unpaired) electrons. The predicted molar refractivity (Wildman–Crippen MR) is 103 cm³/mol. The maximum absolute atomic E-state index is 12.4. The number of aromatic nitrogens is 1. The molecule has 7 nitrogen and oxygen atoms in total. The Kier molecular flexibility index (Phi) is 4.90. The number of hydrogen-bond acceptors (Lipinski definition) is 4. The molecule has 0 fully saturated rings. The van der Waals surface area contributed by atoms with Crippen LogP contribution in [0.4, 0.5) is 0 Å². The molecule has 0 saturated heterocycles. The summed E-state index contributed by atoms with van der Waals surface area (Å²) in [7, 11) is 0. The topological polar surface area (TPSA) is 114 Å². The maximum atomic E-state index is 12.4. The van der Waals surface area contributed by atoms with Gasteiger partial charge in [0.1, 0.15) is 11.3 Å². The van der Waals surface area contributed by atoms with Crippen molar-refractivity contribution in [2.45, 2.75) is 44.6 Å². The summed E-state index contributed by atoms with van der Waals surface area (Å²) in [6.45, 7) is -0.0867. The first-order chi connectivity index (χ1) is 13.5. The quantitative estimate of drug-likeness (QED) is 0.729. The van der Waals surface area contributed by atoms with Crippen LogP contribution in [0.3, 0.4) is 0 Å². The Labute approximate surface area is 162 Å². The highest BCUT2D eigenvalue weighted by atomic mass is 16.5. The van der Waals surface area contributed by atoms with Gasteiger partial charge in [-0.15, -0.1) is 0 Å². The van der Waals surface area contributed by atoms with Crippen molar-refractivity contribution in [3.63, 3.8) is 0 Å². The summed E-state index contributed by atoms with van der Waals surface area (Å²) >= 11 is 0. The Hall–Kier alpha value is -3.09. The molecule has 4 N–H and O–H groups in total. The van der Waals surface area contributed by atoms with Gasteiger partial charge in [-0.25, -0.2) is 0 Å². The number of primary amides is 1. The molecule has 2 aliphatic carbocycles. The van der Waals surface area contributed by atoms with E-state index >= 15 is 0 Å². The van der Waals surface area contributed by atoms with Crippen LogP contribution in [0.1, 0.15) is 58.0 Å². The molecule has 2 aromatic rings. The van der Waals surface area contributed by atoms with Crippen molar-refractivity contribution in [1.82, 2.24) is 10.3 Å². The van der Waals surface area contributed by atoms with Gasteiger partial charge in [0.25, 0.3) is 17.4 Å². The van der Waals surface area contributed by atoms with Crippen molar-refractivity contribution >= 4 is 11.8 Å². The van der Waals surface area contributed by atoms with E-state index in [1.807, 2.05) is 12.1 Å². The van der Waals surface area contributed by atoms with E-state index in [1.54, 1.807) is 0 Å². The van der Waals surface area contributed by atoms with Gasteiger partial charge in [0.05, 0.1) is 6.04 Å². The highest BCUT2D eigenvalue weighted by Crippen LogP contribution is 2.29. The van der Waals surface area contributed by atoms with E-state index in [9.17, 15) is 14.4 Å². The molecule has 1 unspecified atom stereocenters. The van der Waals surface area contributed by atoms with E-state index in [2.05, 4.69) is 16.4 Å². The zero-order valence-electron chi connectivity index (χ0n) is 15.5. The van der Waals surface area contributed by atoms with Gasteiger partial charge in [-0.1, -0.05) is 6.07 Å². The zero-order chi connectivity index (χ0) is 19.7. The lowest BCUT2D eigenvalue weighted by Crippen LogP contribution is -2.36. The van der Waals surface area contributed by atoms with E-state index in [0.717, 1.165) is 43.4 Å². The summed E-state index contributed by atoms with van der Waals surface area (Å²) in [6, 6.07) is 7.19. The molecule has 1 aromatic carbocycles. The molecule has 2 aliphatic rings. The van der Waals surface area contributed by atoms with Crippen LogP contribution in [0.5, 0.6) is 5.75 Å². The molecule has 1 heterocycles. The molecular weight excluding hydrogens is 358 g/mol. The molecule has 28 heavy (non-hydrogen) atoms. The molecule has 0 bridgehead atoms. The fourth-order valence-electron chi connectivity index (χ4n) is 4.10. The number of carbonyl (C=O) groups is 2. The molecule has 1 atom stereocenters. The summed E-state index contributed by atoms with van der Waals surface area (Å²) in [5.74, 6) is -0.329. The average Bonchev–Trinajstić information content (AvgIpc) is 3.13. The molecular formula is C21H23N3O4. The number of carbonyl (C=O) groups excluding carboxylic acids is 2. The van der Waals surface area contributed by atoms with Crippen LogP contribution in [0.15, 0.2) is 29.1 Å². The molecule has 0 aliphatic heterocycles. The van der Waals surface area contributed by atoms with Crippen LogP contribution in [0.2, 0.25) is 0 Å². The first-order valence-corrected chi connectivity index (χ1v) is 9.61. The molecule has 7 heteroatoms. The lowest BCUT2D eigenvalue weighted by atomic mass is 9.90. The lowest BCUT2D eigenvalue weighted by molar-refractivity contribution is -0.124. The van der Waals surface area contributed by atoms with Gasteiger partial charge in [-0.2, -0.15) is 0 Å². The summed E-state index contributed by atoms with van der Waals surface area (Å²) < 4.78 is 5.66. The fraction of sp³-hybridized carbons (Fsp3) is 0.381. The van der Waals surface area contributed by atoms with E-state index in [0.29, 0.717) is 12.2 Å². The minimum atomic E-state index is -0.778. The standard InChI is InChI=1S/C21H23N3O4/c22-20(26)16-10-15-17(5-2-6-18(15)24-21(16)27)23-19(25)11-28-14-8-7-12-3-1-4-13(12)9-14/h7-10,17H,1-6,11H2,(H2,22,26)(H,23,25)(H,24,27). The first kappa shape index (κ1) is 18.3. The monoisotopic (exact) mass is 381 g/mol. The van der Waals surface area contributed by atoms with Gasteiger partial charge in [-0.3, -0.25) is 14.4 Å². The normalized spacial score (nSPS) is 17.5. The third-order valence-electron chi connectivity index (χ3n) is 5.49. The van der Waals surface area contributed by atoms with Crippen molar-refractivity contribution in [3.8, 4) is 5.75 Å². The second-order valence-corrected chi connectivity index (χ2v) is 7.40. The van der Waals surface area contributed by atoms with Crippen molar-refractivity contribution in [3.05, 3.63) is 62.6 Å². The highest BCUT2D eigenvalue weighted by Gasteiger charge is 2.25. The predicted octanol–water partition coefficient (Wildman–Crippen LogP) is 1.54. The Morgan fingerprint density at radius 2 is 1.96 bits per heavy atom. The minimum absolute atomic E-state index is 0.0867. The number of rotatable bonds is 5. The number of hydrogen-bond donors (Lipinski definition) is 3. The fourth-order valence-corrected chi connectivity index (χ4v) is 4.10. The van der Waals surface area contributed by atoms with Gasteiger partial charge in [-0.05, 0) is 73.4 Å². The lowest BCUT2D eigenvalue weighted by Gasteiger charge is -2.26. The van der Waals surface area contributed by atoms with Gasteiger partial charge >= 0.3 is 0 Å². The first-order valence-electron chi connectivity index (χ1n) is 9.61. The minimum Gasteiger partial charge on any atom is -0.484 e. The van der Waals surface area contributed by atoms with E-state index in [4.69, 9.17) is 10.5 Å². The third kappa shape index (κ3) is 3.65. The molecule has 146 valence electrons. The number of fused-ring (bicyclic) bond motifs is 2. The smallest absolute Gasteiger partial charge is 0.261 e. The van der Waals surface area contributed by atoms with Crippen LogP contribution in [-0.4, -0.2) is 23.4 Å². The largest absolute Gasteiger partial charge is 0.484 e. The van der Waals surface area contributed by atoms with Crippen molar-refractivity contribution in [2.24, 2.45) is 5.73 Å². The van der Waals surface area contributed by atoms with Crippen LogP contribution in [-0.2, 0) is 24.1 Å². The van der Waals surface area contributed by atoms with Crippen molar-refractivity contribution < 1.29 is 14.3 Å². The van der Waals surface area contributed by atoms with E-state index < -0.39 is 11.5 Å². The Morgan fingerprint density at radius 1 is 1.14 bits per heavy atom. The SMILES string of the molecule is NC(=O)c1cc2c([nH]c1=O)CCCC2NC(=O)COc1ccc2c(c1)CCC2. The Balaban J connectivity index is 1.43. The second kappa shape index (κ2) is 7.50. The number of nitrogens with two attached hydrogens (primary N) is 1.